The number of imidazole rings is 1. The summed E-state index contributed by atoms with van der Waals surface area (Å²) in [7, 11) is 0. The summed E-state index contributed by atoms with van der Waals surface area (Å²) in [4.78, 5) is 4.30. The monoisotopic (exact) mass is 262 g/mol. The molecule has 15 heavy (non-hydrogen) atoms. The molecule has 2 aromatic heterocycles. The maximum Gasteiger partial charge on any atom is 0.138 e. The van der Waals surface area contributed by atoms with Gasteiger partial charge in [0.2, 0.25) is 0 Å². The highest BCUT2D eigenvalue weighted by Gasteiger charge is 2.03. The molecule has 74 valence electrons. The van der Waals surface area contributed by atoms with E-state index in [1.807, 2.05) is 28.8 Å². The zero-order valence-corrected chi connectivity index (χ0v) is 9.27. The quantitative estimate of drug-likeness (QED) is 0.677. The van der Waals surface area contributed by atoms with Crippen molar-refractivity contribution in [1.82, 2.24) is 9.38 Å². The number of aromatic nitrogens is 2. The molecule has 0 radical (unpaired) electrons. The molecule has 0 atom stereocenters. The smallest absolute Gasteiger partial charge is 0.138 e. The van der Waals surface area contributed by atoms with Crippen LogP contribution >= 0.6 is 15.9 Å². The largest absolute Gasteiger partial charge is 0.508 e. The summed E-state index contributed by atoms with van der Waals surface area (Å²) in [6.45, 7) is 0. The Balaban J connectivity index is 2.53. The summed E-state index contributed by atoms with van der Waals surface area (Å²) >= 11 is 3.34. The molecule has 0 spiro atoms. The van der Waals surface area contributed by atoms with Crippen molar-refractivity contribution in [2.24, 2.45) is 0 Å². The van der Waals surface area contributed by atoms with Gasteiger partial charge in [-0.25, -0.2) is 4.98 Å². The Labute approximate surface area is 94.1 Å². The Morgan fingerprint density at radius 3 is 2.93 bits per heavy atom. The minimum absolute atomic E-state index is 0.279. The van der Waals surface area contributed by atoms with Crippen molar-refractivity contribution in [1.29, 1.82) is 0 Å². The number of hydrogen-bond donors (Lipinski definition) is 1. The van der Waals surface area contributed by atoms with E-state index in [1.165, 1.54) is 0 Å². The highest BCUT2D eigenvalue weighted by Crippen LogP contribution is 2.22. The molecule has 3 rings (SSSR count). The molecule has 0 saturated carbocycles. The third kappa shape index (κ3) is 1.29. The third-order valence-corrected chi connectivity index (χ3v) is 2.77. The Morgan fingerprint density at radius 1 is 1.20 bits per heavy atom. The van der Waals surface area contributed by atoms with Crippen molar-refractivity contribution in [2.75, 3.05) is 0 Å². The predicted octanol–water partition coefficient (Wildman–Crippen LogP) is 2.96. The van der Waals surface area contributed by atoms with E-state index in [1.54, 1.807) is 12.1 Å². The van der Waals surface area contributed by atoms with E-state index < -0.39 is 0 Å². The average Bonchev–Trinajstić information content (AvgIpc) is 2.58. The topological polar surface area (TPSA) is 37.5 Å². The first kappa shape index (κ1) is 8.73. The number of phenolic OH excluding ortho intramolecular Hbond substituents is 1. The van der Waals surface area contributed by atoms with Gasteiger partial charge in [-0.1, -0.05) is 0 Å². The van der Waals surface area contributed by atoms with Crippen LogP contribution in [-0.2, 0) is 0 Å². The number of rotatable bonds is 0. The van der Waals surface area contributed by atoms with Gasteiger partial charge in [-0.2, -0.15) is 0 Å². The lowest BCUT2D eigenvalue weighted by molar-refractivity contribution is 0.476. The van der Waals surface area contributed by atoms with Gasteiger partial charge < -0.3 is 5.11 Å². The summed E-state index contributed by atoms with van der Waals surface area (Å²) in [5, 5.41) is 10.4. The fraction of sp³-hybridized carbons (Fsp3) is 0. The molecule has 0 aliphatic rings. The van der Waals surface area contributed by atoms with Crippen molar-refractivity contribution in [3.63, 3.8) is 0 Å². The third-order valence-electron chi connectivity index (χ3n) is 2.39. The van der Waals surface area contributed by atoms with Gasteiger partial charge in [-0.3, -0.25) is 4.40 Å². The number of halogens is 1. The van der Waals surface area contributed by atoms with E-state index >= 15 is 0 Å². The molecule has 3 nitrogen and oxygen atoms in total. The normalized spacial score (nSPS) is 11.3. The number of benzene rings is 1. The van der Waals surface area contributed by atoms with Gasteiger partial charge in [-0.05, 0) is 46.3 Å². The second-order valence-corrected chi connectivity index (χ2v) is 4.18. The summed E-state index contributed by atoms with van der Waals surface area (Å²) in [6, 6.07) is 9.17. The Bertz CT molecular complexity index is 660. The minimum atomic E-state index is 0.279. The lowest BCUT2D eigenvalue weighted by Crippen LogP contribution is -1.85. The number of pyridine rings is 1. The van der Waals surface area contributed by atoms with Crippen molar-refractivity contribution in [2.45, 2.75) is 0 Å². The van der Waals surface area contributed by atoms with Gasteiger partial charge in [0.15, 0.2) is 0 Å². The van der Waals surface area contributed by atoms with E-state index in [-0.39, 0.29) is 5.75 Å². The molecule has 4 heteroatoms. The number of aromatic hydroxyl groups is 1. The van der Waals surface area contributed by atoms with E-state index in [2.05, 4.69) is 20.9 Å². The number of fused-ring (bicyclic) bond motifs is 3. The lowest BCUT2D eigenvalue weighted by Gasteiger charge is -2.01. The van der Waals surface area contributed by atoms with Crippen LogP contribution in [0.3, 0.4) is 0 Å². The van der Waals surface area contributed by atoms with Crippen molar-refractivity contribution in [3.8, 4) is 5.75 Å². The van der Waals surface area contributed by atoms with Crippen LogP contribution in [0, 0.1) is 0 Å². The number of hydrogen-bond acceptors (Lipinski definition) is 2. The SMILES string of the molecule is Oc1ccc2c(ccc3nc(Br)cn32)c1. The van der Waals surface area contributed by atoms with E-state index in [4.69, 9.17) is 0 Å². The van der Waals surface area contributed by atoms with Crippen LogP contribution in [0.5, 0.6) is 5.75 Å². The molecule has 0 bridgehead atoms. The Kier molecular flexibility index (Phi) is 1.73. The summed E-state index contributed by atoms with van der Waals surface area (Å²) in [5.74, 6) is 0.279. The first-order valence-electron chi connectivity index (χ1n) is 4.50. The standard InChI is InChI=1S/C11H7BrN2O/c12-10-6-14-9-3-2-8(15)5-7(9)1-4-11(14)13-10/h1-6,15H. The van der Waals surface area contributed by atoms with Gasteiger partial charge in [0, 0.05) is 11.6 Å². The second kappa shape index (κ2) is 2.97. The maximum absolute atomic E-state index is 9.37. The molecule has 3 aromatic rings. The molecule has 0 amide bonds. The van der Waals surface area contributed by atoms with Crippen LogP contribution in [-0.4, -0.2) is 14.5 Å². The van der Waals surface area contributed by atoms with Gasteiger partial charge in [0.25, 0.3) is 0 Å². The predicted molar refractivity (Wildman–Crippen MR) is 62.1 cm³/mol. The van der Waals surface area contributed by atoms with Crippen LogP contribution in [0.4, 0.5) is 0 Å². The molecular formula is C11H7BrN2O. The highest BCUT2D eigenvalue weighted by atomic mass is 79.9. The van der Waals surface area contributed by atoms with Crippen molar-refractivity contribution < 1.29 is 5.11 Å². The summed E-state index contributed by atoms with van der Waals surface area (Å²) in [5.41, 5.74) is 1.92. The van der Waals surface area contributed by atoms with E-state index in [9.17, 15) is 5.11 Å². The van der Waals surface area contributed by atoms with Crippen LogP contribution in [0.2, 0.25) is 0 Å². The lowest BCUT2D eigenvalue weighted by atomic mass is 10.2. The van der Waals surface area contributed by atoms with Gasteiger partial charge in [0.1, 0.15) is 16.0 Å². The van der Waals surface area contributed by atoms with Crippen LogP contribution in [0.1, 0.15) is 0 Å². The fourth-order valence-corrected chi connectivity index (χ4v) is 2.12. The first-order valence-corrected chi connectivity index (χ1v) is 5.30. The zero-order valence-electron chi connectivity index (χ0n) is 7.68. The first-order chi connectivity index (χ1) is 7.24. The van der Waals surface area contributed by atoms with Crippen LogP contribution in [0.15, 0.2) is 41.1 Å². The molecule has 0 aliphatic heterocycles. The molecule has 1 aromatic carbocycles. The molecule has 0 fully saturated rings. The van der Waals surface area contributed by atoms with Gasteiger partial charge in [0.05, 0.1) is 5.52 Å². The molecule has 1 N–H and O–H groups in total. The van der Waals surface area contributed by atoms with E-state index in [0.717, 1.165) is 21.2 Å². The van der Waals surface area contributed by atoms with Crippen LogP contribution < -0.4 is 0 Å². The van der Waals surface area contributed by atoms with Gasteiger partial charge >= 0.3 is 0 Å². The summed E-state index contributed by atoms with van der Waals surface area (Å²) in [6.07, 6.45) is 1.91. The minimum Gasteiger partial charge on any atom is -0.508 e. The molecule has 0 unspecified atom stereocenters. The summed E-state index contributed by atoms with van der Waals surface area (Å²) < 4.78 is 2.79. The molecule has 2 heterocycles. The molecular weight excluding hydrogens is 256 g/mol. The fourth-order valence-electron chi connectivity index (χ4n) is 1.73. The Hall–Kier alpha value is -1.55. The van der Waals surface area contributed by atoms with Gasteiger partial charge in [-0.15, -0.1) is 0 Å². The zero-order chi connectivity index (χ0) is 10.4. The number of phenols is 1. The average molecular weight is 263 g/mol. The molecule has 0 saturated heterocycles. The van der Waals surface area contributed by atoms with Crippen LogP contribution in [0.25, 0.3) is 16.6 Å². The van der Waals surface area contributed by atoms with Crippen molar-refractivity contribution in [3.05, 3.63) is 41.1 Å². The second-order valence-electron chi connectivity index (χ2n) is 3.37. The van der Waals surface area contributed by atoms with Crippen molar-refractivity contribution >= 4 is 32.5 Å². The molecule has 0 aliphatic carbocycles. The van der Waals surface area contributed by atoms with E-state index in [0.29, 0.717) is 0 Å². The Morgan fingerprint density at radius 2 is 2.07 bits per heavy atom. The maximum atomic E-state index is 9.37. The number of nitrogens with zero attached hydrogens (tertiary/aromatic N) is 2. The highest BCUT2D eigenvalue weighted by molar-refractivity contribution is 9.10.